The molecule has 0 saturated carbocycles. The number of hydrogen-bond acceptors (Lipinski definition) is 7. The lowest BCUT2D eigenvalue weighted by Crippen LogP contribution is -2.14. The Bertz CT molecular complexity index is 1950. The van der Waals surface area contributed by atoms with Gasteiger partial charge < -0.3 is 26.2 Å². The van der Waals surface area contributed by atoms with Crippen LogP contribution in [0, 0.1) is 18.8 Å². The number of fused-ring (bicyclic) bond motifs is 1. The van der Waals surface area contributed by atoms with E-state index in [9.17, 15) is 9.59 Å². The molecule has 0 aliphatic rings. The number of benzene rings is 4. The molecule has 0 fully saturated rings. The summed E-state index contributed by atoms with van der Waals surface area (Å²) in [5, 5.41) is 15.9. The molecule has 0 spiro atoms. The Morgan fingerprint density at radius 1 is 0.957 bits per heavy atom. The van der Waals surface area contributed by atoms with Crippen molar-refractivity contribution in [3.8, 4) is 17.6 Å². The summed E-state index contributed by atoms with van der Waals surface area (Å²) in [6, 6.07) is 26.2. The van der Waals surface area contributed by atoms with E-state index in [-0.39, 0.29) is 18.1 Å². The maximum Gasteiger partial charge on any atom is 0.255 e. The monoisotopic (exact) mass is 630 g/mol. The number of unbranched alkanes of at least 4 members (excludes halogenated alkanes) is 2. The van der Waals surface area contributed by atoms with Gasteiger partial charge >= 0.3 is 0 Å². The number of nitrogens with zero attached hydrogens (tertiary/aromatic N) is 1. The van der Waals surface area contributed by atoms with Crippen molar-refractivity contribution in [2.45, 2.75) is 36.0 Å². The number of pyridine rings is 1. The van der Waals surface area contributed by atoms with Crippen LogP contribution < -0.4 is 21.1 Å². The smallest absolute Gasteiger partial charge is 0.255 e. The number of nitrogens with one attached hydrogen (secondary N) is 2. The van der Waals surface area contributed by atoms with E-state index in [1.165, 1.54) is 18.0 Å². The van der Waals surface area contributed by atoms with Crippen LogP contribution in [0.25, 0.3) is 10.9 Å². The number of carbonyl (C=O) groups excluding carboxylic acids is 2. The molecule has 0 atom stereocenters. The molecular formula is C37H34N4O4S. The third-order valence-electron chi connectivity index (χ3n) is 7.16. The second-order valence-electron chi connectivity index (χ2n) is 10.5. The van der Waals surface area contributed by atoms with Crippen LogP contribution in [0.2, 0.25) is 0 Å². The standard InChI is InChI=1S/C37H34N4O4S/c1-24-19-31(22-32-34(24)39-23-33(36(38)43)35(32)40-28-11-8-12-29(21-28)45-2)46-30-13-7-10-26(20-30)37(44)41-27-16-14-25(15-17-27)9-5-3-4-6-18-42/h7-8,10-17,19-23,42H,3-4,6,18H2,1-2H3,(H2,38,43)(H,39,40)(H,41,44). The number of nitrogens with two attached hydrogens (primary N) is 1. The van der Waals surface area contributed by atoms with Gasteiger partial charge in [0.1, 0.15) is 5.75 Å². The number of hydrogen-bond donors (Lipinski definition) is 4. The number of rotatable bonds is 11. The average Bonchev–Trinajstić information content (AvgIpc) is 3.06. The van der Waals surface area contributed by atoms with E-state index in [2.05, 4.69) is 27.5 Å². The van der Waals surface area contributed by atoms with Gasteiger partial charge in [0.2, 0.25) is 0 Å². The number of aryl methyl sites for hydroxylation is 1. The number of primary amides is 1. The summed E-state index contributed by atoms with van der Waals surface area (Å²) in [6.07, 6.45) is 3.85. The molecule has 2 amide bonds. The first-order chi connectivity index (χ1) is 22.3. The highest BCUT2D eigenvalue weighted by molar-refractivity contribution is 7.99. The van der Waals surface area contributed by atoms with Crippen LogP contribution in [0.1, 0.15) is 51.1 Å². The normalized spacial score (nSPS) is 10.6. The number of amides is 2. The summed E-state index contributed by atoms with van der Waals surface area (Å²) in [7, 11) is 1.60. The third-order valence-corrected chi connectivity index (χ3v) is 8.12. The van der Waals surface area contributed by atoms with Gasteiger partial charge in [0, 0.05) is 63.0 Å². The van der Waals surface area contributed by atoms with Gasteiger partial charge in [-0.3, -0.25) is 14.6 Å². The van der Waals surface area contributed by atoms with Gasteiger partial charge in [0.25, 0.3) is 11.8 Å². The fourth-order valence-corrected chi connectivity index (χ4v) is 5.86. The van der Waals surface area contributed by atoms with Crippen LogP contribution in [0.4, 0.5) is 17.1 Å². The van der Waals surface area contributed by atoms with E-state index < -0.39 is 5.91 Å². The summed E-state index contributed by atoms with van der Waals surface area (Å²) in [6.45, 7) is 2.15. The van der Waals surface area contributed by atoms with Crippen LogP contribution in [0.15, 0.2) is 101 Å². The van der Waals surface area contributed by atoms with Gasteiger partial charge in [-0.15, -0.1) is 0 Å². The molecule has 9 heteroatoms. The molecule has 46 heavy (non-hydrogen) atoms. The molecule has 0 unspecified atom stereocenters. The molecule has 1 heterocycles. The van der Waals surface area contributed by atoms with Gasteiger partial charge in [-0.05, 0) is 92.1 Å². The fraction of sp³-hybridized carbons (Fsp3) is 0.162. The maximum atomic E-state index is 13.1. The maximum absolute atomic E-state index is 13.1. The van der Waals surface area contributed by atoms with E-state index in [1.807, 2.05) is 85.8 Å². The lowest BCUT2D eigenvalue weighted by molar-refractivity contribution is 0.0998. The van der Waals surface area contributed by atoms with Crippen LogP contribution >= 0.6 is 11.8 Å². The first-order valence-corrected chi connectivity index (χ1v) is 15.6. The van der Waals surface area contributed by atoms with Crippen LogP contribution in [0.5, 0.6) is 5.75 Å². The summed E-state index contributed by atoms with van der Waals surface area (Å²) in [4.78, 5) is 31.9. The molecule has 4 aromatic carbocycles. The highest BCUT2D eigenvalue weighted by Gasteiger charge is 2.17. The van der Waals surface area contributed by atoms with E-state index in [1.54, 1.807) is 13.2 Å². The van der Waals surface area contributed by atoms with Crippen LogP contribution in [-0.4, -0.2) is 35.6 Å². The summed E-state index contributed by atoms with van der Waals surface area (Å²) >= 11 is 1.50. The largest absolute Gasteiger partial charge is 0.497 e. The Morgan fingerprint density at radius 2 is 1.76 bits per heavy atom. The van der Waals surface area contributed by atoms with Crippen molar-refractivity contribution in [1.82, 2.24) is 4.98 Å². The predicted molar refractivity (Wildman–Crippen MR) is 184 cm³/mol. The minimum absolute atomic E-state index is 0.183. The molecule has 0 radical (unpaired) electrons. The zero-order chi connectivity index (χ0) is 32.5. The summed E-state index contributed by atoms with van der Waals surface area (Å²) < 4.78 is 5.36. The number of aromatic nitrogens is 1. The molecule has 0 saturated heterocycles. The van der Waals surface area contributed by atoms with Gasteiger partial charge in [0.15, 0.2) is 0 Å². The van der Waals surface area contributed by atoms with Crippen molar-refractivity contribution in [3.63, 3.8) is 0 Å². The van der Waals surface area contributed by atoms with Gasteiger partial charge in [-0.25, -0.2) is 0 Å². The van der Waals surface area contributed by atoms with E-state index in [0.717, 1.165) is 56.8 Å². The molecule has 5 N–H and O–H groups in total. The van der Waals surface area contributed by atoms with E-state index in [4.69, 9.17) is 15.6 Å². The molecule has 0 bridgehead atoms. The Labute approximate surface area is 272 Å². The first kappa shape index (κ1) is 32.1. The number of ether oxygens (including phenoxy) is 1. The second kappa shape index (κ2) is 15.1. The van der Waals surface area contributed by atoms with Crippen molar-refractivity contribution in [3.05, 3.63) is 113 Å². The zero-order valence-corrected chi connectivity index (χ0v) is 26.4. The molecule has 0 aliphatic carbocycles. The topological polar surface area (TPSA) is 127 Å². The van der Waals surface area contributed by atoms with Crippen molar-refractivity contribution in [2.75, 3.05) is 24.4 Å². The minimum Gasteiger partial charge on any atom is -0.497 e. The Balaban J connectivity index is 1.36. The summed E-state index contributed by atoms with van der Waals surface area (Å²) in [5.41, 5.74) is 11.1. The van der Waals surface area contributed by atoms with E-state index >= 15 is 0 Å². The number of methoxy groups -OCH3 is 1. The van der Waals surface area contributed by atoms with E-state index in [0.29, 0.717) is 22.7 Å². The van der Waals surface area contributed by atoms with Crippen molar-refractivity contribution in [1.29, 1.82) is 0 Å². The molecule has 8 nitrogen and oxygen atoms in total. The fourth-order valence-electron chi connectivity index (χ4n) is 4.84. The highest BCUT2D eigenvalue weighted by Crippen LogP contribution is 2.37. The molecule has 5 aromatic rings. The van der Waals surface area contributed by atoms with Gasteiger partial charge in [-0.1, -0.05) is 35.7 Å². The molecule has 5 rings (SSSR count). The Kier molecular flexibility index (Phi) is 10.6. The summed E-state index contributed by atoms with van der Waals surface area (Å²) in [5.74, 6) is 6.07. The van der Waals surface area contributed by atoms with Crippen LogP contribution in [-0.2, 0) is 0 Å². The average molecular weight is 631 g/mol. The number of aliphatic hydroxyl groups is 1. The number of aliphatic hydroxyl groups excluding tert-OH is 1. The minimum atomic E-state index is -0.592. The van der Waals surface area contributed by atoms with Crippen molar-refractivity contribution < 1.29 is 19.4 Å². The van der Waals surface area contributed by atoms with Crippen molar-refractivity contribution >= 4 is 51.5 Å². The lowest BCUT2D eigenvalue weighted by Gasteiger charge is -2.16. The number of anilines is 3. The van der Waals surface area contributed by atoms with Crippen LogP contribution in [0.3, 0.4) is 0 Å². The Morgan fingerprint density at radius 3 is 2.52 bits per heavy atom. The van der Waals surface area contributed by atoms with Gasteiger partial charge in [-0.2, -0.15) is 0 Å². The Hall–Kier alpha value is -5.30. The molecule has 232 valence electrons. The second-order valence-corrected chi connectivity index (χ2v) is 11.7. The first-order valence-electron chi connectivity index (χ1n) is 14.8. The zero-order valence-electron chi connectivity index (χ0n) is 25.6. The molecular weight excluding hydrogens is 596 g/mol. The van der Waals surface area contributed by atoms with Crippen molar-refractivity contribution in [2.24, 2.45) is 5.73 Å². The lowest BCUT2D eigenvalue weighted by atomic mass is 10.1. The predicted octanol–water partition coefficient (Wildman–Crippen LogP) is 7.31. The molecule has 0 aliphatic heterocycles. The molecule has 1 aromatic heterocycles. The highest BCUT2D eigenvalue weighted by atomic mass is 32.2. The number of carbonyl (C=O) groups is 2. The quantitative estimate of drug-likeness (QED) is 0.0890. The SMILES string of the molecule is COc1cccc(Nc2c(C(N)=O)cnc3c(C)cc(Sc4cccc(C(=O)Nc5ccc(C#CCCCCO)cc5)c4)cc23)c1. The van der Waals surface area contributed by atoms with Gasteiger partial charge in [0.05, 0.1) is 23.9 Å². The third kappa shape index (κ3) is 8.04.